The van der Waals surface area contributed by atoms with Crippen LogP contribution in [0.2, 0.25) is 0 Å². The zero-order valence-electron chi connectivity index (χ0n) is 19.5. The van der Waals surface area contributed by atoms with Crippen LogP contribution in [-0.4, -0.2) is 17.5 Å². The van der Waals surface area contributed by atoms with Gasteiger partial charge in [0, 0.05) is 12.3 Å². The molecule has 0 heterocycles. The molecule has 0 spiro atoms. The summed E-state index contributed by atoms with van der Waals surface area (Å²) in [4.78, 5) is 24.8. The van der Waals surface area contributed by atoms with Crippen LogP contribution < -0.4 is 5.32 Å². The minimum atomic E-state index is -0.508. The summed E-state index contributed by atoms with van der Waals surface area (Å²) in [5.74, 6) is -0.169. The summed E-state index contributed by atoms with van der Waals surface area (Å²) in [5, 5.41) is 3.00. The predicted octanol–water partition coefficient (Wildman–Crippen LogP) is 6.59. The van der Waals surface area contributed by atoms with E-state index in [1.807, 2.05) is 20.8 Å². The molecule has 1 aliphatic carbocycles. The molecule has 0 aromatic carbocycles. The van der Waals surface area contributed by atoms with Crippen molar-refractivity contribution < 1.29 is 14.3 Å². The lowest BCUT2D eigenvalue weighted by Crippen LogP contribution is -2.33. The van der Waals surface area contributed by atoms with Crippen LogP contribution in [0, 0.1) is 5.92 Å². The largest absolute Gasteiger partial charge is 0.456 e. The molecule has 166 valence electrons. The van der Waals surface area contributed by atoms with E-state index in [4.69, 9.17) is 4.74 Å². The van der Waals surface area contributed by atoms with Crippen molar-refractivity contribution in [3.05, 3.63) is 17.0 Å². The normalized spacial score (nSPS) is 14.5. The van der Waals surface area contributed by atoms with Crippen molar-refractivity contribution in [1.82, 2.24) is 5.32 Å². The van der Waals surface area contributed by atoms with Gasteiger partial charge in [0.05, 0.1) is 11.3 Å². The molecule has 0 fully saturated rings. The average molecular weight is 406 g/mol. The lowest BCUT2D eigenvalue weighted by atomic mass is 9.92. The van der Waals surface area contributed by atoms with Crippen molar-refractivity contribution in [2.75, 3.05) is 0 Å². The van der Waals surface area contributed by atoms with Crippen LogP contribution in [-0.2, 0) is 14.3 Å². The van der Waals surface area contributed by atoms with Gasteiger partial charge in [0.1, 0.15) is 5.60 Å². The van der Waals surface area contributed by atoms with Gasteiger partial charge in [0.25, 0.3) is 0 Å². The zero-order chi connectivity index (χ0) is 21.7. The fourth-order valence-electron chi connectivity index (χ4n) is 3.52. The molecule has 1 N–H and O–H groups in total. The maximum atomic E-state index is 12.8. The molecular weight excluding hydrogens is 362 g/mol. The second kappa shape index (κ2) is 13.6. The number of carbonyl (C=O) groups excluding carboxylic acids is 2. The second-order valence-electron chi connectivity index (χ2n) is 9.35. The van der Waals surface area contributed by atoms with Crippen molar-refractivity contribution in [2.24, 2.45) is 5.92 Å². The third-order valence-electron chi connectivity index (χ3n) is 5.26. The zero-order valence-corrected chi connectivity index (χ0v) is 19.5. The van der Waals surface area contributed by atoms with Crippen molar-refractivity contribution in [1.29, 1.82) is 0 Å². The van der Waals surface area contributed by atoms with Crippen molar-refractivity contribution in [3.8, 4) is 0 Å². The molecule has 0 saturated carbocycles. The summed E-state index contributed by atoms with van der Waals surface area (Å²) < 4.78 is 5.35. The van der Waals surface area contributed by atoms with Gasteiger partial charge < -0.3 is 10.1 Å². The standard InChI is InChI=1S/C25H43NO3/c1-6-8-10-12-13-15-17-20(16-14-11-9-7-2)23(27)26-22-18-21(19-22)24(28)29-25(3,4)5/h20H,6-18H2,1-5H3,(H,26,27). The van der Waals surface area contributed by atoms with Crippen LogP contribution in [0.15, 0.2) is 17.0 Å². The van der Waals surface area contributed by atoms with E-state index < -0.39 is 5.60 Å². The Balaban J connectivity index is 2.52. The maximum absolute atomic E-state index is 12.8. The van der Waals surface area contributed by atoms with Crippen molar-refractivity contribution >= 4 is 11.9 Å². The number of carbonyl (C=O) groups is 2. The molecule has 1 aliphatic rings. The number of rotatable bonds is 15. The summed E-state index contributed by atoms with van der Waals surface area (Å²) in [7, 11) is 0. The molecule has 1 amide bonds. The lowest BCUT2D eigenvalue weighted by Gasteiger charge is -2.23. The van der Waals surface area contributed by atoms with Crippen LogP contribution >= 0.6 is 0 Å². The third-order valence-corrected chi connectivity index (χ3v) is 5.26. The molecule has 0 saturated heterocycles. The average Bonchev–Trinajstić information content (AvgIpc) is 2.60. The Bertz CT molecular complexity index is 579. The Morgan fingerprint density at radius 1 is 0.931 bits per heavy atom. The Labute approximate surface area is 178 Å². The van der Waals surface area contributed by atoms with Gasteiger partial charge in [0.2, 0.25) is 5.91 Å². The molecule has 0 radical (unpaired) electrons. The maximum Gasteiger partial charge on any atom is 0.342 e. The molecule has 4 nitrogen and oxygen atoms in total. The highest BCUT2D eigenvalue weighted by molar-refractivity contribution is 5.91. The Morgan fingerprint density at radius 2 is 1.41 bits per heavy atom. The fraction of sp³-hybridized carbons (Fsp3) is 0.800. The van der Waals surface area contributed by atoms with Crippen LogP contribution in [0.5, 0.6) is 0 Å². The predicted molar refractivity (Wildman–Crippen MR) is 119 cm³/mol. The summed E-state index contributed by atoms with van der Waals surface area (Å²) in [5.41, 5.74) is 3.71. The molecule has 1 atom stereocenters. The first-order valence-electron chi connectivity index (χ1n) is 11.8. The molecule has 29 heavy (non-hydrogen) atoms. The summed E-state index contributed by atoms with van der Waals surface area (Å²) >= 11 is 0. The molecule has 0 aliphatic heterocycles. The molecule has 4 heteroatoms. The number of amides is 1. The van der Waals surface area contributed by atoms with Gasteiger partial charge in [-0.1, -0.05) is 83.8 Å². The van der Waals surface area contributed by atoms with Gasteiger partial charge in [-0.2, -0.15) is 0 Å². The van der Waals surface area contributed by atoms with Gasteiger partial charge in [-0.3, -0.25) is 4.79 Å². The SMILES string of the molecule is CCCCCCCCC(CCCCCC)C(=O)NC1=C=C(C(=O)OC(C)(C)C)C1. The molecule has 0 aromatic rings. The number of esters is 1. The van der Waals surface area contributed by atoms with Gasteiger partial charge in [0.15, 0.2) is 0 Å². The van der Waals surface area contributed by atoms with Crippen molar-refractivity contribution in [3.63, 3.8) is 0 Å². The van der Waals surface area contributed by atoms with E-state index in [1.165, 1.54) is 51.4 Å². The third kappa shape index (κ3) is 11.3. The Kier molecular flexibility index (Phi) is 12.0. The molecule has 0 aromatic heterocycles. The highest BCUT2D eigenvalue weighted by Gasteiger charge is 2.27. The Morgan fingerprint density at radius 3 is 1.93 bits per heavy atom. The van der Waals surface area contributed by atoms with Crippen LogP contribution in [0.4, 0.5) is 0 Å². The van der Waals surface area contributed by atoms with E-state index in [9.17, 15) is 9.59 Å². The number of ether oxygens (including phenoxy) is 1. The fourth-order valence-corrected chi connectivity index (χ4v) is 3.52. The monoisotopic (exact) mass is 405 g/mol. The summed E-state index contributed by atoms with van der Waals surface area (Å²) in [6, 6.07) is 0. The van der Waals surface area contributed by atoms with Gasteiger partial charge in [-0.25, -0.2) is 4.79 Å². The van der Waals surface area contributed by atoms with Crippen LogP contribution in [0.3, 0.4) is 0 Å². The quantitative estimate of drug-likeness (QED) is 0.190. The van der Waals surface area contributed by atoms with Crippen LogP contribution in [0.25, 0.3) is 0 Å². The topological polar surface area (TPSA) is 55.4 Å². The highest BCUT2D eigenvalue weighted by atomic mass is 16.6. The Hall–Kier alpha value is -1.54. The van der Waals surface area contributed by atoms with Crippen LogP contribution in [0.1, 0.15) is 118 Å². The first-order valence-corrected chi connectivity index (χ1v) is 11.8. The smallest absolute Gasteiger partial charge is 0.342 e. The van der Waals surface area contributed by atoms with Gasteiger partial charge in [-0.05, 0) is 33.6 Å². The van der Waals surface area contributed by atoms with E-state index >= 15 is 0 Å². The minimum Gasteiger partial charge on any atom is -0.456 e. The van der Waals surface area contributed by atoms with E-state index in [0.717, 1.165) is 31.4 Å². The first kappa shape index (κ1) is 25.5. The number of nitrogens with one attached hydrogen (secondary N) is 1. The van der Waals surface area contributed by atoms with Crippen molar-refractivity contribution in [2.45, 2.75) is 124 Å². The first-order chi connectivity index (χ1) is 13.8. The minimum absolute atomic E-state index is 0.0675. The van der Waals surface area contributed by atoms with Gasteiger partial charge in [-0.15, -0.1) is 0 Å². The summed E-state index contributed by atoms with van der Waals surface area (Å²) in [6.07, 6.45) is 14.6. The lowest BCUT2D eigenvalue weighted by molar-refractivity contribution is -0.150. The van der Waals surface area contributed by atoms with E-state index in [-0.39, 0.29) is 17.8 Å². The molecule has 0 bridgehead atoms. The highest BCUT2D eigenvalue weighted by Crippen LogP contribution is 2.24. The van der Waals surface area contributed by atoms with E-state index in [1.54, 1.807) is 0 Å². The number of hydrogen-bond donors (Lipinski definition) is 1. The van der Waals surface area contributed by atoms with E-state index in [2.05, 4.69) is 24.9 Å². The summed E-state index contributed by atoms with van der Waals surface area (Å²) in [6.45, 7) is 9.98. The van der Waals surface area contributed by atoms with Gasteiger partial charge >= 0.3 is 5.97 Å². The molecule has 1 unspecified atom stereocenters. The van der Waals surface area contributed by atoms with E-state index in [0.29, 0.717) is 12.0 Å². The molecule has 1 rings (SSSR count). The number of unbranched alkanes of at least 4 members (excludes halogenated alkanes) is 8. The number of hydrogen-bond acceptors (Lipinski definition) is 3. The second-order valence-corrected chi connectivity index (χ2v) is 9.35. The molecular formula is C25H43NO3.